The molecular weight excluding hydrogens is 527 g/mol. The number of hydrogen-bond donors (Lipinski definition) is 6. The minimum atomic E-state index is -0.901. The number of H-pyrrole nitrogens is 1. The molecule has 1 aromatic carbocycles. The number of benzene rings is 1. The summed E-state index contributed by atoms with van der Waals surface area (Å²) in [5.74, 6) is 3.46. The highest BCUT2D eigenvalue weighted by Gasteiger charge is 2.21. The van der Waals surface area contributed by atoms with E-state index in [4.69, 9.17) is 38.5 Å². The summed E-state index contributed by atoms with van der Waals surface area (Å²) in [5, 5.41) is 7.99. The molecule has 202 valence electrons. The van der Waals surface area contributed by atoms with Gasteiger partial charge in [0.1, 0.15) is 29.7 Å². The third-order valence-corrected chi connectivity index (χ3v) is 5.63. The second-order valence-electron chi connectivity index (χ2n) is 8.90. The number of anilines is 1. The van der Waals surface area contributed by atoms with Gasteiger partial charge in [0.2, 0.25) is 0 Å². The molecule has 12 nitrogen and oxygen atoms in total. The smallest absolute Gasteiger partial charge is 0.407 e. The van der Waals surface area contributed by atoms with Crippen LogP contribution in [0.25, 0.3) is 0 Å². The lowest BCUT2D eigenvalue weighted by Gasteiger charge is -2.20. The largest absolute Gasteiger partial charge is 0.490 e. The second-order valence-corrected chi connectivity index (χ2v) is 9.65. The van der Waals surface area contributed by atoms with Crippen LogP contribution in [0.1, 0.15) is 54.2 Å². The van der Waals surface area contributed by atoms with Crippen LogP contribution in [-0.2, 0) is 9.53 Å². The molecule has 1 atom stereocenters. The number of nitrogens with two attached hydrogens (primary N) is 1. The summed E-state index contributed by atoms with van der Waals surface area (Å²) in [6.07, 6.45) is -0.626. The van der Waals surface area contributed by atoms with Gasteiger partial charge in [0, 0.05) is 11.3 Å². The molecule has 0 aliphatic heterocycles. The van der Waals surface area contributed by atoms with Crippen molar-refractivity contribution in [2.75, 3.05) is 18.5 Å². The van der Waals surface area contributed by atoms with Crippen LogP contribution in [0.15, 0.2) is 18.2 Å². The van der Waals surface area contributed by atoms with Crippen LogP contribution in [0, 0.1) is 6.92 Å². The zero-order valence-corrected chi connectivity index (χ0v) is 22.5. The predicted octanol–water partition coefficient (Wildman–Crippen LogP) is 2.89. The van der Waals surface area contributed by atoms with E-state index in [0.29, 0.717) is 5.69 Å². The van der Waals surface area contributed by atoms with Crippen LogP contribution in [0.5, 0.6) is 5.75 Å². The molecule has 0 spiro atoms. The molecule has 0 aliphatic rings. The molecule has 0 saturated carbocycles. The number of hydrazine groups is 1. The molecule has 1 aromatic heterocycles. The zero-order valence-electron chi connectivity index (χ0n) is 21.0. The number of carbonyl (C=O) groups is 4. The molecule has 0 fully saturated rings. The van der Waals surface area contributed by atoms with E-state index < -0.39 is 35.5 Å². The first-order valence-corrected chi connectivity index (χ1v) is 11.9. The molecule has 2 aromatic rings. The van der Waals surface area contributed by atoms with E-state index in [1.807, 2.05) is 5.43 Å². The van der Waals surface area contributed by atoms with E-state index in [1.165, 1.54) is 25.1 Å². The third-order valence-electron chi connectivity index (χ3n) is 4.68. The Hall–Kier alpha value is -3.48. The minimum absolute atomic E-state index is 0.0205. The Morgan fingerprint density at radius 3 is 2.35 bits per heavy atom. The SMILES string of the molecule is Cc1[nH]c(C(=O)Nc2ccc(C(=O)N[C@@H](C)C(=O)NN)cc2OCCNC(=O)OC(C)(C)C)c(Cl)c1Cl. The van der Waals surface area contributed by atoms with Gasteiger partial charge in [-0.1, -0.05) is 23.2 Å². The Morgan fingerprint density at radius 2 is 1.78 bits per heavy atom. The Balaban J connectivity index is 2.22. The van der Waals surface area contributed by atoms with Gasteiger partial charge in [-0.2, -0.15) is 0 Å². The van der Waals surface area contributed by atoms with Crippen molar-refractivity contribution < 1.29 is 28.7 Å². The number of ether oxygens (including phenoxy) is 2. The Labute approximate surface area is 223 Å². The molecule has 1 heterocycles. The average molecular weight is 557 g/mol. The number of amides is 4. The van der Waals surface area contributed by atoms with Gasteiger partial charge in [-0.05, 0) is 52.8 Å². The highest BCUT2D eigenvalue weighted by Crippen LogP contribution is 2.31. The number of aromatic amines is 1. The maximum atomic E-state index is 12.8. The van der Waals surface area contributed by atoms with Crippen LogP contribution in [0.3, 0.4) is 0 Å². The lowest BCUT2D eigenvalue weighted by atomic mass is 10.1. The van der Waals surface area contributed by atoms with E-state index in [1.54, 1.807) is 27.7 Å². The van der Waals surface area contributed by atoms with Crippen LogP contribution in [0.4, 0.5) is 10.5 Å². The van der Waals surface area contributed by atoms with Crippen molar-refractivity contribution in [2.45, 2.75) is 46.3 Å². The van der Waals surface area contributed by atoms with Crippen LogP contribution < -0.4 is 32.0 Å². The number of carbonyl (C=O) groups excluding carboxylic acids is 4. The van der Waals surface area contributed by atoms with Gasteiger partial charge >= 0.3 is 6.09 Å². The van der Waals surface area contributed by atoms with Crippen LogP contribution in [-0.4, -0.2) is 53.6 Å². The van der Waals surface area contributed by atoms with Crippen molar-refractivity contribution in [3.63, 3.8) is 0 Å². The highest BCUT2D eigenvalue weighted by molar-refractivity contribution is 6.44. The highest BCUT2D eigenvalue weighted by atomic mass is 35.5. The van der Waals surface area contributed by atoms with E-state index in [0.717, 1.165) is 0 Å². The average Bonchev–Trinajstić information content (AvgIpc) is 3.08. The minimum Gasteiger partial charge on any atom is -0.490 e. The number of halogens is 2. The van der Waals surface area contributed by atoms with Crippen LogP contribution in [0.2, 0.25) is 10.0 Å². The van der Waals surface area contributed by atoms with Gasteiger partial charge in [-0.15, -0.1) is 0 Å². The molecular formula is C23H30Cl2N6O6. The van der Waals surface area contributed by atoms with Gasteiger partial charge in [0.25, 0.3) is 17.7 Å². The van der Waals surface area contributed by atoms with E-state index >= 15 is 0 Å². The second kappa shape index (κ2) is 12.7. The fourth-order valence-corrected chi connectivity index (χ4v) is 3.31. The number of aryl methyl sites for hydroxylation is 1. The quantitative estimate of drug-likeness (QED) is 0.119. The summed E-state index contributed by atoms with van der Waals surface area (Å²) in [7, 11) is 0. The summed E-state index contributed by atoms with van der Waals surface area (Å²) in [6.45, 7) is 8.38. The normalized spacial score (nSPS) is 11.8. The van der Waals surface area contributed by atoms with Crippen molar-refractivity contribution in [1.29, 1.82) is 0 Å². The molecule has 2 rings (SSSR count). The number of alkyl carbamates (subject to hydrolysis) is 1. The zero-order chi connectivity index (χ0) is 27.9. The molecule has 0 unspecified atom stereocenters. The van der Waals surface area contributed by atoms with Crippen molar-refractivity contribution in [1.82, 2.24) is 21.0 Å². The number of rotatable bonds is 9. The van der Waals surface area contributed by atoms with Crippen LogP contribution >= 0.6 is 23.2 Å². The summed E-state index contributed by atoms with van der Waals surface area (Å²) >= 11 is 12.2. The molecule has 0 saturated heterocycles. The fraction of sp³-hybridized carbons (Fsp3) is 0.391. The monoisotopic (exact) mass is 556 g/mol. The number of aromatic nitrogens is 1. The lowest BCUT2D eigenvalue weighted by molar-refractivity contribution is -0.122. The predicted molar refractivity (Wildman–Crippen MR) is 139 cm³/mol. The maximum absolute atomic E-state index is 12.8. The van der Waals surface area contributed by atoms with E-state index in [9.17, 15) is 19.2 Å². The van der Waals surface area contributed by atoms with E-state index in [-0.39, 0.29) is 45.9 Å². The van der Waals surface area contributed by atoms with Crippen molar-refractivity contribution >= 4 is 52.7 Å². The van der Waals surface area contributed by atoms with Gasteiger partial charge in [-0.25, -0.2) is 10.6 Å². The van der Waals surface area contributed by atoms with Crippen molar-refractivity contribution in [3.8, 4) is 5.75 Å². The Kier molecular flexibility index (Phi) is 10.2. The molecule has 0 bridgehead atoms. The lowest BCUT2D eigenvalue weighted by Crippen LogP contribution is -2.47. The first-order valence-electron chi connectivity index (χ1n) is 11.1. The molecule has 7 N–H and O–H groups in total. The first kappa shape index (κ1) is 29.7. The molecule has 0 radical (unpaired) electrons. The summed E-state index contributed by atoms with van der Waals surface area (Å²) in [4.78, 5) is 51.8. The Morgan fingerprint density at radius 1 is 1.11 bits per heavy atom. The van der Waals surface area contributed by atoms with Crippen molar-refractivity contribution in [3.05, 3.63) is 45.2 Å². The molecule has 14 heteroatoms. The maximum Gasteiger partial charge on any atom is 0.407 e. The first-order chi connectivity index (χ1) is 17.2. The molecule has 4 amide bonds. The summed E-state index contributed by atoms with van der Waals surface area (Å²) in [5.41, 5.74) is 2.21. The van der Waals surface area contributed by atoms with Gasteiger partial charge < -0.3 is 30.4 Å². The van der Waals surface area contributed by atoms with Gasteiger partial charge in [0.15, 0.2) is 0 Å². The summed E-state index contributed by atoms with van der Waals surface area (Å²) in [6, 6.07) is 3.35. The number of hydrogen-bond acceptors (Lipinski definition) is 7. The summed E-state index contributed by atoms with van der Waals surface area (Å²) < 4.78 is 10.9. The fourth-order valence-electron chi connectivity index (χ4n) is 2.90. The standard InChI is InChI=1S/C23H30Cl2N6O6/c1-11-16(24)17(25)18(28-11)21(34)30-14-7-6-13(20(33)29-12(2)19(32)31-26)10-15(14)36-9-8-27-22(35)37-23(3,4)5/h6-7,10,12,28H,8-9,26H2,1-5H3,(H,27,35)(H,29,33)(H,30,34)(H,31,32)/t12-/m0/s1. The molecule has 0 aliphatic carbocycles. The Bertz CT molecular complexity index is 1180. The van der Waals surface area contributed by atoms with E-state index in [2.05, 4.69) is 20.9 Å². The number of nitrogens with one attached hydrogen (secondary N) is 5. The molecule has 37 heavy (non-hydrogen) atoms. The van der Waals surface area contributed by atoms with Gasteiger partial charge in [0.05, 0.1) is 22.3 Å². The third kappa shape index (κ3) is 8.55. The van der Waals surface area contributed by atoms with Gasteiger partial charge in [-0.3, -0.25) is 19.8 Å². The van der Waals surface area contributed by atoms with Crippen molar-refractivity contribution in [2.24, 2.45) is 5.84 Å². The topological polar surface area (TPSA) is 177 Å².